The minimum Gasteiger partial charge on any atom is -1.00 e. The van der Waals surface area contributed by atoms with E-state index in [4.69, 9.17) is 11.6 Å². The second kappa shape index (κ2) is 7.07. The largest absolute Gasteiger partial charge is 1.00 e. The first-order chi connectivity index (χ1) is 12.8. The lowest BCUT2D eigenvalue weighted by Crippen LogP contribution is -3.00. The molecule has 4 heteroatoms. The number of hydrogen-bond acceptors (Lipinski definition) is 0. The average molecular weight is 391 g/mol. The number of H-pyrrole nitrogens is 1. The lowest BCUT2D eigenvalue weighted by molar-refractivity contribution is -0.342. The predicted octanol–water partition coefficient (Wildman–Crippen LogP) is 1.58. The zero-order valence-electron chi connectivity index (χ0n) is 14.3. The Morgan fingerprint density at radius 1 is 0.815 bits per heavy atom. The van der Waals surface area contributed by atoms with Crippen molar-refractivity contribution in [2.75, 3.05) is 0 Å². The van der Waals surface area contributed by atoms with E-state index in [2.05, 4.69) is 64.9 Å². The van der Waals surface area contributed by atoms with Crippen LogP contribution in [-0.2, 0) is 0 Å². The SMILES string of the molecule is Clc1ccccc1C(=C1C=[NH+]c2ccccc21)c1c[nH]c2ccccc12.[Cl-]. The number of aromatic nitrogens is 1. The van der Waals surface area contributed by atoms with Crippen molar-refractivity contribution in [2.24, 2.45) is 0 Å². The highest BCUT2D eigenvalue weighted by molar-refractivity contribution is 6.34. The average Bonchev–Trinajstić information content (AvgIpc) is 3.29. The Bertz CT molecular complexity index is 1200. The fraction of sp³-hybridized carbons (Fsp3) is 0. The van der Waals surface area contributed by atoms with Crippen LogP contribution >= 0.6 is 11.6 Å². The molecular weight excluding hydrogens is 375 g/mol. The first-order valence-electron chi connectivity index (χ1n) is 8.58. The fourth-order valence-corrected chi connectivity index (χ4v) is 3.89. The number of fused-ring (bicyclic) bond motifs is 2. The van der Waals surface area contributed by atoms with Crippen LogP contribution in [0.4, 0.5) is 5.69 Å². The van der Waals surface area contributed by atoms with Gasteiger partial charge < -0.3 is 17.4 Å². The van der Waals surface area contributed by atoms with Crippen molar-refractivity contribution in [3.63, 3.8) is 0 Å². The molecule has 0 fully saturated rings. The van der Waals surface area contributed by atoms with Crippen molar-refractivity contribution in [3.05, 3.63) is 101 Å². The summed E-state index contributed by atoms with van der Waals surface area (Å²) in [7, 11) is 0. The lowest BCUT2D eigenvalue weighted by atomic mass is 9.90. The zero-order valence-corrected chi connectivity index (χ0v) is 15.9. The Morgan fingerprint density at radius 3 is 2.44 bits per heavy atom. The molecule has 0 saturated heterocycles. The Labute approximate surface area is 168 Å². The molecule has 0 aliphatic carbocycles. The number of allylic oxidation sites excluding steroid dienone is 1. The van der Waals surface area contributed by atoms with Crippen LogP contribution in [-0.4, -0.2) is 11.2 Å². The zero-order chi connectivity index (χ0) is 17.5. The molecule has 5 rings (SSSR count). The van der Waals surface area contributed by atoms with Gasteiger partial charge >= 0.3 is 0 Å². The molecule has 0 amide bonds. The molecule has 1 aliphatic heterocycles. The topological polar surface area (TPSA) is 29.8 Å². The van der Waals surface area contributed by atoms with E-state index in [1.54, 1.807) is 0 Å². The van der Waals surface area contributed by atoms with Crippen LogP contribution in [0, 0.1) is 0 Å². The van der Waals surface area contributed by atoms with Crippen molar-refractivity contribution >= 4 is 45.6 Å². The van der Waals surface area contributed by atoms with E-state index < -0.39 is 0 Å². The number of para-hydroxylation sites is 2. The number of rotatable bonds is 2. The minimum atomic E-state index is 0. The van der Waals surface area contributed by atoms with E-state index in [0.717, 1.165) is 38.5 Å². The van der Waals surface area contributed by atoms with Gasteiger partial charge in [-0.1, -0.05) is 60.1 Å². The summed E-state index contributed by atoms with van der Waals surface area (Å²) in [6, 6.07) is 24.7. The number of hydrogen-bond donors (Lipinski definition) is 2. The van der Waals surface area contributed by atoms with Gasteiger partial charge in [-0.3, -0.25) is 0 Å². The van der Waals surface area contributed by atoms with Gasteiger partial charge in [0.25, 0.3) is 0 Å². The van der Waals surface area contributed by atoms with Crippen LogP contribution < -0.4 is 17.4 Å². The summed E-state index contributed by atoms with van der Waals surface area (Å²) in [5.74, 6) is 0. The molecule has 27 heavy (non-hydrogen) atoms. The third-order valence-corrected chi connectivity index (χ3v) is 5.19. The van der Waals surface area contributed by atoms with Gasteiger partial charge in [0.2, 0.25) is 5.69 Å². The predicted molar refractivity (Wildman–Crippen MR) is 109 cm³/mol. The molecular formula is C23H16Cl2N2. The Kier molecular flexibility index (Phi) is 4.61. The highest BCUT2D eigenvalue weighted by Crippen LogP contribution is 2.39. The summed E-state index contributed by atoms with van der Waals surface area (Å²) >= 11 is 6.61. The van der Waals surface area contributed by atoms with Gasteiger partial charge in [0.15, 0.2) is 6.21 Å². The second-order valence-electron chi connectivity index (χ2n) is 6.35. The second-order valence-corrected chi connectivity index (χ2v) is 6.76. The summed E-state index contributed by atoms with van der Waals surface area (Å²) in [4.78, 5) is 6.79. The summed E-state index contributed by atoms with van der Waals surface area (Å²) in [6.07, 6.45) is 4.15. The Morgan fingerprint density at radius 2 is 1.56 bits per heavy atom. The minimum absolute atomic E-state index is 0. The maximum Gasteiger partial charge on any atom is 0.211 e. The van der Waals surface area contributed by atoms with E-state index in [-0.39, 0.29) is 12.4 Å². The van der Waals surface area contributed by atoms with E-state index in [1.165, 1.54) is 10.9 Å². The third-order valence-electron chi connectivity index (χ3n) is 4.86. The highest BCUT2D eigenvalue weighted by atomic mass is 35.5. The first kappa shape index (κ1) is 17.6. The molecule has 132 valence electrons. The maximum absolute atomic E-state index is 6.61. The summed E-state index contributed by atoms with van der Waals surface area (Å²) in [5, 5.41) is 1.94. The molecule has 0 saturated carbocycles. The summed E-state index contributed by atoms with van der Waals surface area (Å²) < 4.78 is 0. The van der Waals surface area contributed by atoms with Gasteiger partial charge in [-0.15, -0.1) is 0 Å². The number of aromatic amines is 1. The molecule has 2 N–H and O–H groups in total. The highest BCUT2D eigenvalue weighted by Gasteiger charge is 2.25. The Balaban J connectivity index is 0.00000180. The van der Waals surface area contributed by atoms with E-state index in [9.17, 15) is 0 Å². The van der Waals surface area contributed by atoms with E-state index in [1.807, 2.05) is 30.3 Å². The number of halogens is 2. The summed E-state index contributed by atoms with van der Waals surface area (Å²) in [5.41, 5.74) is 7.89. The van der Waals surface area contributed by atoms with Crippen LogP contribution in [0.2, 0.25) is 5.02 Å². The normalized spacial score (nSPS) is 14.1. The van der Waals surface area contributed by atoms with Crippen LogP contribution in [0.5, 0.6) is 0 Å². The standard InChI is InChI=1S/C23H15ClN2.ClH/c24-20-10-4-1-9-17(20)23(18-13-25-21-11-5-2-7-15(18)21)19-14-26-22-12-6-3-8-16(19)22;/h1-14,25H;1H. The smallest absolute Gasteiger partial charge is 0.211 e. The van der Waals surface area contributed by atoms with Gasteiger partial charge in [-0.25, -0.2) is 4.99 Å². The van der Waals surface area contributed by atoms with Crippen molar-refractivity contribution in [2.45, 2.75) is 0 Å². The third kappa shape index (κ3) is 2.87. The first-order valence-corrected chi connectivity index (χ1v) is 8.95. The molecule has 4 aromatic rings. The van der Waals surface area contributed by atoms with Gasteiger partial charge in [0.05, 0.1) is 11.1 Å². The molecule has 2 nitrogen and oxygen atoms in total. The molecule has 3 aromatic carbocycles. The van der Waals surface area contributed by atoms with Gasteiger partial charge in [-0.2, -0.15) is 0 Å². The van der Waals surface area contributed by atoms with Crippen molar-refractivity contribution in [1.82, 2.24) is 4.98 Å². The van der Waals surface area contributed by atoms with Crippen LogP contribution in [0.25, 0.3) is 22.0 Å². The maximum atomic E-state index is 6.61. The molecule has 2 heterocycles. The van der Waals surface area contributed by atoms with Crippen molar-refractivity contribution in [3.8, 4) is 0 Å². The number of nitrogens with one attached hydrogen (secondary N) is 2. The molecule has 1 aliphatic rings. The van der Waals surface area contributed by atoms with Gasteiger partial charge in [0, 0.05) is 44.9 Å². The Hall–Kier alpha value is -2.81. The monoisotopic (exact) mass is 390 g/mol. The van der Waals surface area contributed by atoms with Crippen molar-refractivity contribution < 1.29 is 17.4 Å². The van der Waals surface area contributed by atoms with Gasteiger partial charge in [-0.05, 0) is 18.2 Å². The molecule has 0 unspecified atom stereocenters. The molecule has 0 bridgehead atoms. The lowest BCUT2D eigenvalue weighted by Gasteiger charge is -2.12. The number of benzene rings is 3. The van der Waals surface area contributed by atoms with Crippen molar-refractivity contribution in [1.29, 1.82) is 0 Å². The van der Waals surface area contributed by atoms with Crippen LogP contribution in [0.1, 0.15) is 16.7 Å². The van der Waals surface area contributed by atoms with Crippen LogP contribution in [0.3, 0.4) is 0 Å². The molecule has 0 radical (unpaired) electrons. The van der Waals surface area contributed by atoms with Gasteiger partial charge in [0.1, 0.15) is 0 Å². The quantitative estimate of drug-likeness (QED) is 0.520. The van der Waals surface area contributed by atoms with E-state index in [0.29, 0.717) is 0 Å². The summed E-state index contributed by atoms with van der Waals surface area (Å²) in [6.45, 7) is 0. The molecule has 0 atom stereocenters. The van der Waals surface area contributed by atoms with Crippen LogP contribution in [0.15, 0.2) is 79.0 Å². The van der Waals surface area contributed by atoms with E-state index >= 15 is 0 Å². The molecule has 0 spiro atoms. The fourth-order valence-electron chi connectivity index (χ4n) is 3.66. The molecule has 1 aromatic heterocycles.